The maximum Gasteiger partial charge on any atom is 0.164 e. The highest BCUT2D eigenvalue weighted by molar-refractivity contribution is 5.86. The van der Waals surface area contributed by atoms with Gasteiger partial charge in [0.25, 0.3) is 0 Å². The normalized spacial score (nSPS) is 12.6. The van der Waals surface area contributed by atoms with Gasteiger partial charge in [-0.2, -0.15) is 0 Å². The largest absolute Gasteiger partial charge is 0.504 e. The van der Waals surface area contributed by atoms with E-state index in [1.54, 1.807) is 31.4 Å². The van der Waals surface area contributed by atoms with E-state index < -0.39 is 6.10 Å². The number of benzene rings is 4. The maximum absolute atomic E-state index is 13.1. The van der Waals surface area contributed by atoms with Crippen molar-refractivity contribution in [2.45, 2.75) is 44.6 Å². The van der Waals surface area contributed by atoms with Crippen LogP contribution in [0.3, 0.4) is 0 Å². The number of rotatable bonds is 14. The van der Waals surface area contributed by atoms with Crippen molar-refractivity contribution in [3.63, 3.8) is 0 Å². The smallest absolute Gasteiger partial charge is 0.164 e. The summed E-state index contributed by atoms with van der Waals surface area (Å²) in [5.41, 5.74) is 4.84. The molecule has 1 aromatic heterocycles. The monoisotopic (exact) mass is 593 g/mol. The number of ether oxygens (including phenoxy) is 2. The van der Waals surface area contributed by atoms with Gasteiger partial charge in [-0.05, 0) is 82.5 Å². The fourth-order valence-electron chi connectivity index (χ4n) is 5.98. The number of carbonyl (C=O) groups is 1. The molecule has 0 unspecified atom stereocenters. The van der Waals surface area contributed by atoms with Gasteiger partial charge in [-0.3, -0.25) is 4.79 Å². The number of aromatic hydroxyl groups is 2. The first-order chi connectivity index (χ1) is 21.4. The summed E-state index contributed by atoms with van der Waals surface area (Å²) in [6, 6.07) is 25.0. The van der Waals surface area contributed by atoms with Crippen molar-refractivity contribution < 1.29 is 29.6 Å². The summed E-state index contributed by atoms with van der Waals surface area (Å²) < 4.78 is 10.9. The van der Waals surface area contributed by atoms with E-state index in [1.807, 2.05) is 42.7 Å². The molecule has 7 nitrogen and oxygen atoms in total. The number of hydrogen-bond acceptors (Lipinski definition) is 6. The molecule has 0 spiro atoms. The van der Waals surface area contributed by atoms with Crippen molar-refractivity contribution in [2.24, 2.45) is 5.92 Å². The lowest BCUT2D eigenvalue weighted by molar-refractivity contribution is -0.121. The highest BCUT2D eigenvalue weighted by Gasteiger charge is 2.26. The van der Waals surface area contributed by atoms with Gasteiger partial charge in [0.2, 0.25) is 0 Å². The number of phenols is 2. The first kappa shape index (κ1) is 30.7. The molecule has 4 aromatic carbocycles. The topological polar surface area (TPSA) is 112 Å². The minimum atomic E-state index is -0.878. The van der Waals surface area contributed by atoms with Crippen molar-refractivity contribution in [1.82, 2.24) is 4.98 Å². The highest BCUT2D eigenvalue weighted by atomic mass is 16.5. The van der Waals surface area contributed by atoms with Crippen molar-refractivity contribution in [1.29, 1.82) is 0 Å². The van der Waals surface area contributed by atoms with Crippen LogP contribution >= 0.6 is 0 Å². The van der Waals surface area contributed by atoms with E-state index in [4.69, 9.17) is 9.47 Å². The Hall–Kier alpha value is -4.75. The molecule has 0 bridgehead atoms. The van der Waals surface area contributed by atoms with Crippen LogP contribution in [0.15, 0.2) is 91.3 Å². The Balaban J connectivity index is 1.38. The molecule has 2 atom stereocenters. The molecule has 5 rings (SSSR count). The van der Waals surface area contributed by atoms with Gasteiger partial charge in [0.1, 0.15) is 5.78 Å². The third-order valence-corrected chi connectivity index (χ3v) is 8.35. The standard InChI is InChI=1S/C37H39NO6/c1-43-36-19-24(11-14-33(36)40)10-13-30(39)22-35(42)29(18-25-16-17-38-23-25)20-28-12-15-34(41)37(44-2)32(28)21-27-8-5-7-26-6-3-4-9-31(26)27/h3-9,11-12,14-17,19,23,29,35,38,40-42H,10,13,18,20-22H2,1-2H3/t29-,35-/m1/s1. The van der Waals surface area contributed by atoms with Crippen LogP contribution in [0.2, 0.25) is 0 Å². The molecule has 228 valence electrons. The van der Waals surface area contributed by atoms with Crippen LogP contribution < -0.4 is 9.47 Å². The van der Waals surface area contributed by atoms with E-state index in [-0.39, 0.29) is 36.0 Å². The zero-order valence-corrected chi connectivity index (χ0v) is 25.1. The summed E-state index contributed by atoms with van der Waals surface area (Å²) in [7, 11) is 3.04. The lowest BCUT2D eigenvalue weighted by Crippen LogP contribution is -2.28. The molecule has 7 heteroatoms. The second-order valence-corrected chi connectivity index (χ2v) is 11.3. The van der Waals surface area contributed by atoms with Crippen molar-refractivity contribution in [3.8, 4) is 23.0 Å². The first-order valence-corrected chi connectivity index (χ1v) is 14.9. The first-order valence-electron chi connectivity index (χ1n) is 14.9. The number of phenolic OH excluding ortho intramolecular Hbond substituents is 2. The fraction of sp³-hybridized carbons (Fsp3) is 0.270. The van der Waals surface area contributed by atoms with Crippen LogP contribution in [0.5, 0.6) is 23.0 Å². The minimum absolute atomic E-state index is 0.0260. The summed E-state index contributed by atoms with van der Waals surface area (Å²) in [5.74, 6) is 0.606. The average Bonchev–Trinajstić information content (AvgIpc) is 3.55. The average molecular weight is 594 g/mol. The molecule has 4 N–H and O–H groups in total. The second-order valence-electron chi connectivity index (χ2n) is 11.3. The van der Waals surface area contributed by atoms with Gasteiger partial charge in [0, 0.05) is 37.2 Å². The quantitative estimate of drug-likeness (QED) is 0.116. The molecule has 5 aromatic rings. The Kier molecular flexibility index (Phi) is 9.87. The third kappa shape index (κ3) is 7.24. The maximum atomic E-state index is 13.1. The predicted octanol–water partition coefficient (Wildman–Crippen LogP) is 6.54. The number of nitrogens with one attached hydrogen (secondary N) is 1. The van der Waals surface area contributed by atoms with Gasteiger partial charge in [-0.1, -0.05) is 54.6 Å². The molecular formula is C37H39NO6. The molecular weight excluding hydrogens is 554 g/mol. The predicted molar refractivity (Wildman–Crippen MR) is 172 cm³/mol. The Labute approximate surface area is 257 Å². The van der Waals surface area contributed by atoms with E-state index in [2.05, 4.69) is 29.2 Å². The summed E-state index contributed by atoms with van der Waals surface area (Å²) in [4.78, 5) is 16.2. The number of methoxy groups -OCH3 is 2. The van der Waals surface area contributed by atoms with Crippen LogP contribution in [-0.2, 0) is 30.5 Å². The SMILES string of the molecule is COc1cc(CCC(=O)C[C@@H](O)[C@H](Cc2cc[nH]c2)Cc2ccc(O)c(OC)c2Cc2cccc3ccccc23)ccc1O. The van der Waals surface area contributed by atoms with Gasteiger partial charge < -0.3 is 29.8 Å². The number of carbonyl (C=O) groups excluding carboxylic acids is 1. The minimum Gasteiger partial charge on any atom is -0.504 e. The number of hydrogen-bond donors (Lipinski definition) is 4. The molecule has 0 aliphatic carbocycles. The van der Waals surface area contributed by atoms with Crippen molar-refractivity contribution >= 4 is 16.6 Å². The van der Waals surface area contributed by atoms with Gasteiger partial charge in [0.05, 0.1) is 20.3 Å². The Morgan fingerprint density at radius 1 is 0.841 bits per heavy atom. The molecule has 0 saturated heterocycles. The summed E-state index contributed by atoms with van der Waals surface area (Å²) in [5, 5.41) is 34.4. The van der Waals surface area contributed by atoms with Crippen LogP contribution in [-0.4, -0.2) is 46.4 Å². The molecule has 0 aliphatic heterocycles. The van der Waals surface area contributed by atoms with Gasteiger partial charge in [-0.25, -0.2) is 0 Å². The Morgan fingerprint density at radius 2 is 1.64 bits per heavy atom. The molecule has 0 radical (unpaired) electrons. The number of aliphatic hydroxyl groups excluding tert-OH is 1. The number of aromatic amines is 1. The van der Waals surface area contributed by atoms with Crippen molar-refractivity contribution in [2.75, 3.05) is 14.2 Å². The molecule has 0 fully saturated rings. The Morgan fingerprint density at radius 3 is 2.41 bits per heavy atom. The molecule has 0 saturated carbocycles. The van der Waals surface area contributed by atoms with E-state index in [0.29, 0.717) is 37.2 Å². The number of aliphatic hydroxyl groups is 1. The summed E-state index contributed by atoms with van der Waals surface area (Å²) in [6.45, 7) is 0. The Bertz CT molecular complexity index is 1710. The second kappa shape index (κ2) is 14.1. The lowest BCUT2D eigenvalue weighted by atomic mass is 9.83. The van der Waals surface area contributed by atoms with Crippen LogP contribution in [0, 0.1) is 5.92 Å². The molecule has 0 amide bonds. The zero-order chi connectivity index (χ0) is 31.1. The van der Waals surface area contributed by atoms with Crippen LogP contribution in [0.1, 0.15) is 40.7 Å². The van der Waals surface area contributed by atoms with E-state index in [9.17, 15) is 20.1 Å². The number of aryl methyl sites for hydroxylation is 1. The van der Waals surface area contributed by atoms with Gasteiger partial charge >= 0.3 is 0 Å². The third-order valence-electron chi connectivity index (χ3n) is 8.35. The zero-order valence-electron chi connectivity index (χ0n) is 25.1. The number of Topliss-reactive ketones (excluding diaryl/α,β-unsaturated/α-hetero) is 1. The van der Waals surface area contributed by atoms with E-state index in [1.165, 1.54) is 7.11 Å². The van der Waals surface area contributed by atoms with E-state index >= 15 is 0 Å². The number of ketones is 1. The van der Waals surface area contributed by atoms with Crippen LogP contribution in [0.25, 0.3) is 10.8 Å². The van der Waals surface area contributed by atoms with Crippen LogP contribution in [0.4, 0.5) is 0 Å². The fourth-order valence-corrected chi connectivity index (χ4v) is 5.98. The summed E-state index contributed by atoms with van der Waals surface area (Å²) in [6.07, 6.45) is 5.26. The number of aromatic nitrogens is 1. The highest BCUT2D eigenvalue weighted by Crippen LogP contribution is 2.37. The molecule has 1 heterocycles. The van der Waals surface area contributed by atoms with Gasteiger partial charge in [-0.15, -0.1) is 0 Å². The van der Waals surface area contributed by atoms with Gasteiger partial charge in [0.15, 0.2) is 23.0 Å². The number of H-pyrrole nitrogens is 1. The van der Waals surface area contributed by atoms with E-state index in [0.717, 1.165) is 38.6 Å². The summed E-state index contributed by atoms with van der Waals surface area (Å²) >= 11 is 0. The molecule has 44 heavy (non-hydrogen) atoms. The molecule has 0 aliphatic rings. The van der Waals surface area contributed by atoms with Crippen molar-refractivity contribution in [3.05, 3.63) is 119 Å². The number of fused-ring (bicyclic) bond motifs is 1. The lowest BCUT2D eigenvalue weighted by Gasteiger charge is -2.25.